The second kappa shape index (κ2) is 8.51. The monoisotopic (exact) mass is 498 g/mol. The van der Waals surface area contributed by atoms with E-state index in [2.05, 4.69) is 54.6 Å². The van der Waals surface area contributed by atoms with Crippen molar-refractivity contribution in [2.45, 2.75) is 44.3 Å². The molecule has 6 nitrogen and oxygen atoms in total. The van der Waals surface area contributed by atoms with E-state index in [4.69, 9.17) is 0 Å². The van der Waals surface area contributed by atoms with E-state index in [-0.39, 0.29) is 10.3 Å². The summed E-state index contributed by atoms with van der Waals surface area (Å²) < 4.78 is 38.7. The predicted molar refractivity (Wildman–Crippen MR) is 132 cm³/mol. The van der Waals surface area contributed by atoms with E-state index in [1.54, 1.807) is 12.3 Å². The summed E-state index contributed by atoms with van der Waals surface area (Å²) in [4.78, 5) is 11.9. The van der Waals surface area contributed by atoms with E-state index < -0.39 is 12.6 Å². The predicted octanol–water partition coefficient (Wildman–Crippen LogP) is 6.05. The molecule has 0 unspecified atom stereocenters. The maximum atomic E-state index is 12.9. The van der Waals surface area contributed by atoms with Crippen molar-refractivity contribution in [1.82, 2.24) is 20.2 Å². The molecule has 4 heterocycles. The van der Waals surface area contributed by atoms with Crippen LogP contribution in [-0.4, -0.2) is 45.5 Å². The Morgan fingerprint density at radius 3 is 2.77 bits per heavy atom. The van der Waals surface area contributed by atoms with Gasteiger partial charge in [-0.15, -0.1) is 11.3 Å². The molecular formula is C25H25F3N6S. The van der Waals surface area contributed by atoms with Crippen molar-refractivity contribution in [3.8, 4) is 11.3 Å². The Morgan fingerprint density at radius 2 is 2.00 bits per heavy atom. The lowest BCUT2D eigenvalue weighted by Gasteiger charge is -2.25. The van der Waals surface area contributed by atoms with Crippen LogP contribution in [0.1, 0.15) is 30.6 Å². The number of anilines is 2. The van der Waals surface area contributed by atoms with Gasteiger partial charge in [-0.25, -0.2) is 9.97 Å². The van der Waals surface area contributed by atoms with E-state index in [1.165, 1.54) is 6.33 Å². The summed E-state index contributed by atoms with van der Waals surface area (Å²) in [5.74, 6) is 0.766. The molecule has 4 aromatic rings. The quantitative estimate of drug-likeness (QED) is 0.351. The minimum absolute atomic E-state index is 0.204. The number of aromatic nitrogens is 4. The maximum Gasteiger partial charge on any atom is 0.393 e. The summed E-state index contributed by atoms with van der Waals surface area (Å²) >= 11 is 1.11. The number of nitrogens with one attached hydrogen (secondary N) is 2. The number of aromatic amines is 1. The molecule has 2 N–H and O–H groups in total. The summed E-state index contributed by atoms with van der Waals surface area (Å²) in [5.41, 5.74) is 3.41. The first-order valence-corrected chi connectivity index (χ1v) is 12.6. The van der Waals surface area contributed by atoms with Gasteiger partial charge in [0.2, 0.25) is 0 Å². The third-order valence-corrected chi connectivity index (χ3v) is 8.28. The second-order valence-electron chi connectivity index (χ2n) is 9.72. The largest absolute Gasteiger partial charge is 0.393 e. The van der Waals surface area contributed by atoms with Gasteiger partial charge in [-0.05, 0) is 60.9 Å². The minimum Gasteiger partial charge on any atom is -0.382 e. The van der Waals surface area contributed by atoms with Crippen molar-refractivity contribution < 1.29 is 13.2 Å². The number of fused-ring (bicyclic) bond motifs is 1. The summed E-state index contributed by atoms with van der Waals surface area (Å²) in [6.07, 6.45) is 2.44. The van der Waals surface area contributed by atoms with Crippen LogP contribution in [0.5, 0.6) is 0 Å². The zero-order chi connectivity index (χ0) is 24.0. The Labute approximate surface area is 204 Å². The average molecular weight is 499 g/mol. The molecule has 6 rings (SSSR count). The fourth-order valence-corrected chi connectivity index (χ4v) is 6.67. The van der Waals surface area contributed by atoms with Crippen molar-refractivity contribution in [3.63, 3.8) is 0 Å². The second-order valence-corrected chi connectivity index (χ2v) is 10.8. The number of rotatable bonds is 5. The Balaban J connectivity index is 1.13. The van der Waals surface area contributed by atoms with Gasteiger partial charge in [-0.3, -0.25) is 5.10 Å². The molecule has 1 saturated heterocycles. The Kier molecular flexibility index (Phi) is 5.43. The van der Waals surface area contributed by atoms with E-state index in [0.717, 1.165) is 78.3 Å². The third-order valence-electron chi connectivity index (χ3n) is 7.24. The van der Waals surface area contributed by atoms with Gasteiger partial charge in [0.05, 0.1) is 17.5 Å². The smallest absolute Gasteiger partial charge is 0.382 e. The summed E-state index contributed by atoms with van der Waals surface area (Å²) in [5, 5.41) is 11.4. The molecular weight excluding hydrogens is 473 g/mol. The number of thiophene rings is 1. The van der Waals surface area contributed by atoms with Crippen LogP contribution < -0.4 is 10.2 Å². The highest BCUT2D eigenvalue weighted by molar-refractivity contribution is 7.18. The van der Waals surface area contributed by atoms with Gasteiger partial charge in [0.25, 0.3) is 0 Å². The number of hydrogen-bond donors (Lipinski definition) is 2. The molecule has 1 aromatic carbocycles. The highest BCUT2D eigenvalue weighted by atomic mass is 32.1. The third kappa shape index (κ3) is 4.59. The van der Waals surface area contributed by atoms with Crippen LogP contribution >= 0.6 is 11.3 Å². The number of hydrogen-bond acceptors (Lipinski definition) is 6. The standard InChI is InChI=1S/C25H25F3N6S/c26-25(27,28)13-19-11-20-22(29-15-30-23(20)35-19)34-10-8-24(14-34)7-5-18(12-24)32-17-3-1-16(2-4-17)21-6-9-31-33-21/h1-4,6,9,11,15,18,32H,5,7-8,10,12-14H2,(H,31,33)/t18-,24-/m1/s1. The molecule has 1 spiro atoms. The molecule has 35 heavy (non-hydrogen) atoms. The fraction of sp³-hybridized carbons (Fsp3) is 0.400. The summed E-state index contributed by atoms with van der Waals surface area (Å²) in [7, 11) is 0. The fourth-order valence-electron chi connectivity index (χ4n) is 5.65. The number of halogens is 3. The minimum atomic E-state index is -4.22. The van der Waals surface area contributed by atoms with Crippen molar-refractivity contribution in [3.05, 3.63) is 53.8 Å². The van der Waals surface area contributed by atoms with Gasteiger partial charge in [-0.2, -0.15) is 18.3 Å². The van der Waals surface area contributed by atoms with Crippen LogP contribution in [-0.2, 0) is 6.42 Å². The number of benzene rings is 1. The lowest BCUT2D eigenvalue weighted by molar-refractivity contribution is -0.126. The molecule has 10 heteroatoms. The molecule has 2 aliphatic rings. The van der Waals surface area contributed by atoms with Gasteiger partial charge in [0.15, 0.2) is 0 Å². The van der Waals surface area contributed by atoms with E-state index in [0.29, 0.717) is 10.9 Å². The molecule has 0 bridgehead atoms. The zero-order valence-corrected chi connectivity index (χ0v) is 19.8. The maximum absolute atomic E-state index is 12.9. The molecule has 1 saturated carbocycles. The van der Waals surface area contributed by atoms with Crippen LogP contribution in [0.15, 0.2) is 48.9 Å². The first-order chi connectivity index (χ1) is 16.9. The van der Waals surface area contributed by atoms with Crippen molar-refractivity contribution in [2.24, 2.45) is 5.41 Å². The average Bonchev–Trinajstić information content (AvgIpc) is 3.61. The Morgan fingerprint density at radius 1 is 1.14 bits per heavy atom. The molecule has 182 valence electrons. The number of H-pyrrole nitrogens is 1. The number of nitrogens with zero attached hydrogens (tertiary/aromatic N) is 4. The van der Waals surface area contributed by atoms with E-state index in [9.17, 15) is 13.2 Å². The lowest BCUT2D eigenvalue weighted by atomic mass is 9.85. The Hall–Kier alpha value is -3.14. The SMILES string of the molecule is FC(F)(F)Cc1cc2c(N3CC[C@@]4(CC[C@@H](Nc5ccc(-c6ccn[nH]6)cc5)C4)C3)ncnc2s1. The van der Waals surface area contributed by atoms with Crippen LogP contribution in [0.2, 0.25) is 0 Å². The van der Waals surface area contributed by atoms with Gasteiger partial charge in [0.1, 0.15) is 17.0 Å². The topological polar surface area (TPSA) is 69.7 Å². The zero-order valence-electron chi connectivity index (χ0n) is 19.0. The molecule has 0 amide bonds. The van der Waals surface area contributed by atoms with E-state index >= 15 is 0 Å². The summed E-state index contributed by atoms with van der Waals surface area (Å²) in [6, 6.07) is 12.4. The Bertz CT molecular complexity index is 1320. The van der Waals surface area contributed by atoms with Gasteiger partial charge >= 0.3 is 6.18 Å². The van der Waals surface area contributed by atoms with Gasteiger partial charge < -0.3 is 10.2 Å². The van der Waals surface area contributed by atoms with Gasteiger partial charge in [-0.1, -0.05) is 12.1 Å². The van der Waals surface area contributed by atoms with Gasteiger partial charge in [0, 0.05) is 35.9 Å². The van der Waals surface area contributed by atoms with Crippen molar-refractivity contribution in [2.75, 3.05) is 23.3 Å². The molecule has 2 fully saturated rings. The van der Waals surface area contributed by atoms with Crippen LogP contribution in [0.25, 0.3) is 21.5 Å². The summed E-state index contributed by atoms with van der Waals surface area (Å²) in [6.45, 7) is 1.74. The highest BCUT2D eigenvalue weighted by Crippen LogP contribution is 2.48. The first-order valence-electron chi connectivity index (χ1n) is 11.8. The van der Waals surface area contributed by atoms with E-state index in [1.807, 2.05) is 6.07 Å². The highest BCUT2D eigenvalue weighted by Gasteiger charge is 2.44. The first kappa shape index (κ1) is 22.3. The van der Waals surface area contributed by atoms with Crippen LogP contribution in [0.4, 0.5) is 24.7 Å². The molecule has 1 aliphatic carbocycles. The van der Waals surface area contributed by atoms with Crippen LogP contribution in [0, 0.1) is 5.41 Å². The van der Waals surface area contributed by atoms with Crippen LogP contribution in [0.3, 0.4) is 0 Å². The molecule has 1 aliphatic heterocycles. The van der Waals surface area contributed by atoms with Crippen molar-refractivity contribution >= 4 is 33.1 Å². The number of alkyl halides is 3. The molecule has 3 aromatic heterocycles. The van der Waals surface area contributed by atoms with Crippen molar-refractivity contribution in [1.29, 1.82) is 0 Å². The normalized spacial score (nSPS) is 22.5. The molecule has 2 atom stereocenters. The molecule has 0 radical (unpaired) electrons. The lowest BCUT2D eigenvalue weighted by Crippen LogP contribution is -2.27.